The lowest BCUT2D eigenvalue weighted by Crippen LogP contribution is -2.44. The van der Waals surface area contributed by atoms with E-state index in [-0.39, 0.29) is 17.5 Å². The fourth-order valence-corrected chi connectivity index (χ4v) is 2.76. The number of carbonyl (C=O) groups excluding carboxylic acids is 1. The number of carbonyl (C=O) groups is 1. The van der Waals surface area contributed by atoms with Crippen LogP contribution in [0.15, 0.2) is 18.2 Å². The fraction of sp³-hybridized carbons (Fsp3) is 0.533. The second kappa shape index (κ2) is 6.04. The monoisotopic (exact) mass is 264 g/mol. The molecule has 1 atom stereocenters. The zero-order valence-corrected chi connectivity index (χ0v) is 11.4. The van der Waals surface area contributed by atoms with Gasteiger partial charge in [-0.25, -0.2) is 4.39 Å². The van der Waals surface area contributed by atoms with Crippen molar-refractivity contribution in [1.29, 1.82) is 0 Å². The third-order valence-corrected chi connectivity index (χ3v) is 3.73. The Morgan fingerprint density at radius 1 is 1.47 bits per heavy atom. The van der Waals surface area contributed by atoms with Crippen molar-refractivity contribution in [3.05, 3.63) is 29.6 Å². The van der Waals surface area contributed by atoms with Crippen LogP contribution < -0.4 is 5.73 Å². The molecule has 0 spiro atoms. The van der Waals surface area contributed by atoms with Gasteiger partial charge in [-0.05, 0) is 43.9 Å². The van der Waals surface area contributed by atoms with Gasteiger partial charge in [0.2, 0.25) is 0 Å². The number of nitrogen functional groups attached to an aromatic ring is 1. The highest BCUT2D eigenvalue weighted by atomic mass is 19.1. The lowest BCUT2D eigenvalue weighted by molar-refractivity contribution is 0.0596. The van der Waals surface area contributed by atoms with E-state index in [0.717, 1.165) is 38.6 Å². The smallest absolute Gasteiger partial charge is 0.257 e. The van der Waals surface area contributed by atoms with Crippen molar-refractivity contribution in [2.45, 2.75) is 45.1 Å². The molecular formula is C15H21FN2O. The van der Waals surface area contributed by atoms with Crippen molar-refractivity contribution in [3.63, 3.8) is 0 Å². The Bertz CT molecular complexity index is 459. The van der Waals surface area contributed by atoms with Crippen molar-refractivity contribution in [2.75, 3.05) is 12.3 Å². The summed E-state index contributed by atoms with van der Waals surface area (Å²) < 4.78 is 13.8. The van der Waals surface area contributed by atoms with Gasteiger partial charge in [-0.1, -0.05) is 13.3 Å². The van der Waals surface area contributed by atoms with E-state index >= 15 is 0 Å². The van der Waals surface area contributed by atoms with E-state index in [9.17, 15) is 9.18 Å². The first kappa shape index (κ1) is 13.8. The molecule has 0 aliphatic carbocycles. The predicted molar refractivity (Wildman–Crippen MR) is 74.4 cm³/mol. The number of hydrogen-bond acceptors (Lipinski definition) is 2. The zero-order valence-electron chi connectivity index (χ0n) is 11.4. The molecule has 1 aromatic carbocycles. The first-order chi connectivity index (χ1) is 9.13. The largest absolute Gasteiger partial charge is 0.399 e. The second-order valence-electron chi connectivity index (χ2n) is 5.18. The molecule has 1 saturated heterocycles. The normalized spacial score (nSPS) is 19.5. The van der Waals surface area contributed by atoms with Crippen molar-refractivity contribution in [3.8, 4) is 0 Å². The summed E-state index contributed by atoms with van der Waals surface area (Å²) in [4.78, 5) is 14.3. The van der Waals surface area contributed by atoms with Crippen LogP contribution in [0.5, 0.6) is 0 Å². The number of nitrogens with two attached hydrogens (primary N) is 1. The number of benzene rings is 1. The summed E-state index contributed by atoms with van der Waals surface area (Å²) in [6, 6.07) is 4.43. The molecule has 19 heavy (non-hydrogen) atoms. The van der Waals surface area contributed by atoms with E-state index < -0.39 is 5.82 Å². The molecule has 1 fully saturated rings. The molecule has 1 aliphatic heterocycles. The van der Waals surface area contributed by atoms with Crippen molar-refractivity contribution in [2.24, 2.45) is 0 Å². The minimum Gasteiger partial charge on any atom is -0.399 e. The molecule has 0 saturated carbocycles. The molecule has 1 aliphatic rings. The number of nitrogens with zero attached hydrogens (tertiary/aromatic N) is 1. The summed E-state index contributed by atoms with van der Waals surface area (Å²) in [7, 11) is 0. The number of likely N-dealkylation sites (tertiary alicyclic amines) is 1. The standard InChI is InChI=1S/C15H21FN2O/c1-2-5-12-6-3-4-9-18(12)15(19)13-10-11(17)7-8-14(13)16/h7-8,10,12H,2-6,9,17H2,1H3. The first-order valence-electron chi connectivity index (χ1n) is 6.99. The van der Waals surface area contributed by atoms with E-state index in [4.69, 9.17) is 5.73 Å². The van der Waals surface area contributed by atoms with Crippen LogP contribution in [0.2, 0.25) is 0 Å². The second-order valence-corrected chi connectivity index (χ2v) is 5.18. The predicted octanol–water partition coefficient (Wildman–Crippen LogP) is 3.20. The summed E-state index contributed by atoms with van der Waals surface area (Å²) >= 11 is 0. The quantitative estimate of drug-likeness (QED) is 0.852. The molecule has 0 bridgehead atoms. The van der Waals surface area contributed by atoms with Crippen LogP contribution in [-0.2, 0) is 0 Å². The van der Waals surface area contributed by atoms with Gasteiger partial charge >= 0.3 is 0 Å². The summed E-state index contributed by atoms with van der Waals surface area (Å²) in [5.74, 6) is -0.706. The van der Waals surface area contributed by atoms with Crippen LogP contribution >= 0.6 is 0 Å². The number of piperidine rings is 1. The molecule has 4 heteroatoms. The van der Waals surface area contributed by atoms with Gasteiger partial charge in [0.15, 0.2) is 0 Å². The number of anilines is 1. The average molecular weight is 264 g/mol. The highest BCUT2D eigenvalue weighted by Crippen LogP contribution is 2.24. The number of hydrogen-bond donors (Lipinski definition) is 1. The Balaban J connectivity index is 2.23. The van der Waals surface area contributed by atoms with Gasteiger partial charge in [-0.3, -0.25) is 4.79 Å². The molecule has 1 unspecified atom stereocenters. The molecule has 3 nitrogen and oxygen atoms in total. The van der Waals surface area contributed by atoms with Crippen LogP contribution in [0.4, 0.5) is 10.1 Å². The van der Waals surface area contributed by atoms with Crippen molar-refractivity contribution < 1.29 is 9.18 Å². The number of halogens is 1. The maximum absolute atomic E-state index is 13.8. The summed E-state index contributed by atoms with van der Waals surface area (Å²) in [5.41, 5.74) is 6.18. The van der Waals surface area contributed by atoms with Crippen LogP contribution in [-0.4, -0.2) is 23.4 Å². The van der Waals surface area contributed by atoms with E-state index in [1.807, 2.05) is 4.90 Å². The zero-order chi connectivity index (χ0) is 13.8. The van der Waals surface area contributed by atoms with Crippen LogP contribution in [0.3, 0.4) is 0 Å². The van der Waals surface area contributed by atoms with Crippen LogP contribution in [0.25, 0.3) is 0 Å². The van der Waals surface area contributed by atoms with Crippen molar-refractivity contribution >= 4 is 11.6 Å². The molecule has 104 valence electrons. The van der Waals surface area contributed by atoms with Crippen LogP contribution in [0, 0.1) is 5.82 Å². The van der Waals surface area contributed by atoms with Gasteiger partial charge < -0.3 is 10.6 Å². The fourth-order valence-electron chi connectivity index (χ4n) is 2.76. The van der Waals surface area contributed by atoms with Gasteiger partial charge in [0, 0.05) is 18.3 Å². The van der Waals surface area contributed by atoms with E-state index in [2.05, 4.69) is 6.92 Å². The van der Waals surface area contributed by atoms with Gasteiger partial charge in [0.05, 0.1) is 5.56 Å². The number of amides is 1. The Kier molecular flexibility index (Phi) is 4.40. The highest BCUT2D eigenvalue weighted by Gasteiger charge is 2.28. The molecule has 2 N–H and O–H groups in total. The number of rotatable bonds is 3. The van der Waals surface area contributed by atoms with E-state index in [0.29, 0.717) is 5.69 Å². The lowest BCUT2D eigenvalue weighted by atomic mass is 9.97. The molecule has 1 aromatic rings. The molecular weight excluding hydrogens is 243 g/mol. The lowest BCUT2D eigenvalue weighted by Gasteiger charge is -2.36. The Morgan fingerprint density at radius 3 is 3.00 bits per heavy atom. The summed E-state index contributed by atoms with van der Waals surface area (Å²) in [5, 5.41) is 0. The van der Waals surface area contributed by atoms with Gasteiger partial charge in [-0.2, -0.15) is 0 Å². The summed E-state index contributed by atoms with van der Waals surface area (Å²) in [6.07, 6.45) is 5.18. The SMILES string of the molecule is CCCC1CCCCN1C(=O)c1cc(N)ccc1F. The van der Waals surface area contributed by atoms with Gasteiger partial charge in [-0.15, -0.1) is 0 Å². The van der Waals surface area contributed by atoms with Gasteiger partial charge in [0.25, 0.3) is 5.91 Å². The Hall–Kier alpha value is -1.58. The van der Waals surface area contributed by atoms with Crippen LogP contribution in [0.1, 0.15) is 49.4 Å². The Labute approximate surface area is 113 Å². The molecule has 1 heterocycles. The highest BCUT2D eigenvalue weighted by molar-refractivity contribution is 5.95. The third-order valence-electron chi connectivity index (χ3n) is 3.73. The average Bonchev–Trinajstić information content (AvgIpc) is 2.42. The third kappa shape index (κ3) is 3.06. The molecule has 1 amide bonds. The first-order valence-corrected chi connectivity index (χ1v) is 6.99. The minimum atomic E-state index is -0.486. The van der Waals surface area contributed by atoms with E-state index in [1.165, 1.54) is 18.2 Å². The van der Waals surface area contributed by atoms with Crippen molar-refractivity contribution in [1.82, 2.24) is 4.90 Å². The maximum atomic E-state index is 13.8. The summed E-state index contributed by atoms with van der Waals surface area (Å²) in [6.45, 7) is 2.83. The molecule has 0 aromatic heterocycles. The maximum Gasteiger partial charge on any atom is 0.257 e. The minimum absolute atomic E-state index is 0.100. The Morgan fingerprint density at radius 2 is 2.26 bits per heavy atom. The van der Waals surface area contributed by atoms with Gasteiger partial charge in [0.1, 0.15) is 5.82 Å². The van der Waals surface area contributed by atoms with E-state index in [1.54, 1.807) is 0 Å². The molecule has 2 rings (SSSR count). The molecule has 0 radical (unpaired) electrons. The topological polar surface area (TPSA) is 46.3 Å².